The highest BCUT2D eigenvalue weighted by molar-refractivity contribution is 14.1. The van der Waals surface area contributed by atoms with E-state index in [0.29, 0.717) is 5.56 Å². The summed E-state index contributed by atoms with van der Waals surface area (Å²) in [5.74, 6) is -0.688. The summed E-state index contributed by atoms with van der Waals surface area (Å²) in [5.41, 5.74) is 1.16. The zero-order valence-electron chi connectivity index (χ0n) is 17.7. The highest BCUT2D eigenvalue weighted by Crippen LogP contribution is 2.15. The van der Waals surface area contributed by atoms with Gasteiger partial charge in [-0.2, -0.15) is 0 Å². The Bertz CT molecular complexity index is 824. The molecule has 0 spiro atoms. The number of carboxylic acids is 1. The summed E-state index contributed by atoms with van der Waals surface area (Å²) in [6.07, 6.45) is 7.77. The molecule has 2 N–H and O–H groups in total. The summed E-state index contributed by atoms with van der Waals surface area (Å²) in [6, 6.07) is 14.6. The number of carbonyl (C=O) groups excluding carboxylic acids is 1. The minimum atomic E-state index is -0.876. The third kappa shape index (κ3) is 10.3. The fourth-order valence-electron chi connectivity index (χ4n) is 3.32. The van der Waals surface area contributed by atoms with Crippen LogP contribution in [0.3, 0.4) is 0 Å². The highest BCUT2D eigenvalue weighted by Gasteiger charge is 2.17. The average molecular weight is 648 g/mol. The normalized spacial score (nSPS) is 15.6. The SMILES string of the molecule is C1CCNCC1.O=C(O)c1cccc(I)c1.O=C(c1cccc(I)c1)N1CCCCC1. The smallest absolute Gasteiger partial charge is 0.335 e. The lowest BCUT2D eigenvalue weighted by molar-refractivity contribution is 0.0694. The Morgan fingerprint density at radius 1 is 0.774 bits per heavy atom. The maximum absolute atomic E-state index is 12.1. The van der Waals surface area contributed by atoms with E-state index in [2.05, 4.69) is 50.5 Å². The van der Waals surface area contributed by atoms with Crippen LogP contribution >= 0.6 is 45.2 Å². The fraction of sp³-hybridized carbons (Fsp3) is 0.417. The van der Waals surface area contributed by atoms with E-state index in [1.54, 1.807) is 18.2 Å². The molecule has 0 bridgehead atoms. The van der Waals surface area contributed by atoms with Crippen molar-refractivity contribution in [1.82, 2.24) is 10.2 Å². The second-order valence-electron chi connectivity index (χ2n) is 7.49. The Morgan fingerprint density at radius 3 is 1.71 bits per heavy atom. The molecule has 2 heterocycles. The molecular formula is C24H30I2N2O3. The number of carboxylic acid groups (broad SMARTS) is 1. The van der Waals surface area contributed by atoms with Crippen molar-refractivity contribution < 1.29 is 14.7 Å². The third-order valence-corrected chi connectivity index (χ3v) is 6.34. The van der Waals surface area contributed by atoms with Crippen molar-refractivity contribution in [3.63, 3.8) is 0 Å². The summed E-state index contributed by atoms with van der Waals surface area (Å²) >= 11 is 4.31. The molecule has 2 aliphatic rings. The molecule has 0 unspecified atom stereocenters. The summed E-state index contributed by atoms with van der Waals surface area (Å²) < 4.78 is 2.06. The molecule has 0 atom stereocenters. The lowest BCUT2D eigenvalue weighted by Gasteiger charge is -2.26. The second-order valence-corrected chi connectivity index (χ2v) is 9.98. The molecule has 2 aliphatic heterocycles. The Labute approximate surface area is 212 Å². The van der Waals surface area contributed by atoms with Crippen LogP contribution in [0.4, 0.5) is 0 Å². The molecule has 2 aromatic rings. The number of nitrogens with one attached hydrogen (secondary N) is 1. The lowest BCUT2D eigenvalue weighted by atomic mass is 10.1. The monoisotopic (exact) mass is 648 g/mol. The van der Waals surface area contributed by atoms with E-state index in [1.807, 2.05) is 35.2 Å². The van der Waals surface area contributed by atoms with Gasteiger partial charge in [0.1, 0.15) is 0 Å². The summed E-state index contributed by atoms with van der Waals surface area (Å²) in [4.78, 5) is 24.4. The topological polar surface area (TPSA) is 69.6 Å². The van der Waals surface area contributed by atoms with Gasteiger partial charge in [-0.3, -0.25) is 4.79 Å². The maximum atomic E-state index is 12.1. The number of likely N-dealkylation sites (tertiary alicyclic amines) is 1. The average Bonchev–Trinajstić information content (AvgIpc) is 2.81. The van der Waals surface area contributed by atoms with Crippen LogP contribution in [0.15, 0.2) is 48.5 Å². The zero-order chi connectivity index (χ0) is 22.5. The maximum Gasteiger partial charge on any atom is 0.335 e. The van der Waals surface area contributed by atoms with Gasteiger partial charge in [-0.25, -0.2) is 4.79 Å². The Balaban J connectivity index is 0.000000183. The number of amides is 1. The van der Waals surface area contributed by atoms with Crippen LogP contribution in [0, 0.1) is 7.14 Å². The molecule has 31 heavy (non-hydrogen) atoms. The van der Waals surface area contributed by atoms with E-state index in [0.717, 1.165) is 38.6 Å². The number of rotatable bonds is 2. The van der Waals surface area contributed by atoms with E-state index >= 15 is 0 Å². The molecule has 0 aromatic heterocycles. The van der Waals surface area contributed by atoms with E-state index in [4.69, 9.17) is 5.11 Å². The molecule has 1 amide bonds. The van der Waals surface area contributed by atoms with Gasteiger partial charge in [-0.1, -0.05) is 18.6 Å². The van der Waals surface area contributed by atoms with E-state index in [9.17, 15) is 9.59 Å². The van der Waals surface area contributed by atoms with Crippen LogP contribution in [0.25, 0.3) is 0 Å². The predicted octanol–water partition coefficient (Wildman–Crippen LogP) is 5.67. The molecule has 5 nitrogen and oxygen atoms in total. The van der Waals surface area contributed by atoms with Crippen LogP contribution in [-0.4, -0.2) is 48.1 Å². The number of carbonyl (C=O) groups is 2. The molecule has 0 saturated carbocycles. The summed E-state index contributed by atoms with van der Waals surface area (Å²) in [7, 11) is 0. The van der Waals surface area contributed by atoms with Gasteiger partial charge in [0.2, 0.25) is 0 Å². The van der Waals surface area contributed by atoms with Gasteiger partial charge >= 0.3 is 5.97 Å². The molecule has 0 radical (unpaired) electrons. The van der Waals surface area contributed by atoms with E-state index in [-0.39, 0.29) is 5.91 Å². The molecule has 4 rings (SSSR count). The largest absolute Gasteiger partial charge is 0.478 e. The minimum absolute atomic E-state index is 0.188. The minimum Gasteiger partial charge on any atom is -0.478 e. The first-order chi connectivity index (χ1) is 15.0. The number of hydrogen-bond donors (Lipinski definition) is 2. The quantitative estimate of drug-likeness (QED) is 0.413. The van der Waals surface area contributed by atoms with Gasteiger partial charge in [0, 0.05) is 25.8 Å². The second kappa shape index (κ2) is 14.8. The molecule has 0 aliphatic carbocycles. The first-order valence-electron chi connectivity index (χ1n) is 10.7. The third-order valence-electron chi connectivity index (χ3n) is 4.99. The molecule has 2 saturated heterocycles. The van der Waals surface area contributed by atoms with Crippen LogP contribution in [0.1, 0.15) is 59.2 Å². The Kier molecular flexibility index (Phi) is 12.4. The van der Waals surface area contributed by atoms with Gasteiger partial charge in [0.15, 0.2) is 0 Å². The zero-order valence-corrected chi connectivity index (χ0v) is 22.0. The summed E-state index contributed by atoms with van der Waals surface area (Å²) in [5, 5.41) is 11.8. The number of nitrogens with zero attached hydrogens (tertiary/aromatic N) is 1. The molecule has 2 fully saturated rings. The predicted molar refractivity (Wildman–Crippen MR) is 142 cm³/mol. The number of aromatic carboxylic acids is 1. The highest BCUT2D eigenvalue weighted by atomic mass is 127. The first-order valence-corrected chi connectivity index (χ1v) is 12.9. The van der Waals surface area contributed by atoms with Crippen LogP contribution < -0.4 is 5.32 Å². The molecule has 2 aromatic carbocycles. The van der Waals surface area contributed by atoms with Crippen LogP contribution in [-0.2, 0) is 0 Å². The number of piperidine rings is 2. The lowest BCUT2D eigenvalue weighted by Crippen LogP contribution is -2.35. The van der Waals surface area contributed by atoms with Gasteiger partial charge in [-0.05, 0) is 127 Å². The van der Waals surface area contributed by atoms with Gasteiger partial charge in [0.25, 0.3) is 5.91 Å². The Hall–Kier alpha value is -1.20. The molecular weight excluding hydrogens is 618 g/mol. The van der Waals surface area contributed by atoms with Gasteiger partial charge in [-0.15, -0.1) is 0 Å². The van der Waals surface area contributed by atoms with Gasteiger partial charge in [0.05, 0.1) is 5.56 Å². The van der Waals surface area contributed by atoms with Crippen molar-refractivity contribution in [1.29, 1.82) is 0 Å². The van der Waals surface area contributed by atoms with E-state index < -0.39 is 5.97 Å². The number of halogens is 2. The van der Waals surface area contributed by atoms with Gasteiger partial charge < -0.3 is 15.3 Å². The Morgan fingerprint density at radius 2 is 1.29 bits per heavy atom. The van der Waals surface area contributed by atoms with Crippen molar-refractivity contribution in [2.24, 2.45) is 0 Å². The van der Waals surface area contributed by atoms with Crippen molar-refractivity contribution in [2.45, 2.75) is 38.5 Å². The first kappa shape index (κ1) is 26.1. The van der Waals surface area contributed by atoms with Crippen molar-refractivity contribution in [2.75, 3.05) is 26.2 Å². The fourth-order valence-corrected chi connectivity index (χ4v) is 4.41. The summed E-state index contributed by atoms with van der Waals surface area (Å²) in [6.45, 7) is 4.34. The standard InChI is InChI=1S/C12H14INO.C7H5IO2.C5H11N/c13-11-6-4-5-10(9-11)12(15)14-7-2-1-3-8-14;8-6-3-1-2-5(4-6)7(9)10;1-2-4-6-5-3-1/h4-6,9H,1-3,7-8H2;1-4H,(H,9,10);6H,1-5H2. The van der Waals surface area contributed by atoms with Crippen LogP contribution in [0.2, 0.25) is 0 Å². The van der Waals surface area contributed by atoms with E-state index in [1.165, 1.54) is 38.8 Å². The van der Waals surface area contributed by atoms with Crippen molar-refractivity contribution in [3.05, 3.63) is 66.8 Å². The molecule has 7 heteroatoms. The van der Waals surface area contributed by atoms with Crippen LogP contribution in [0.5, 0.6) is 0 Å². The number of hydrogen-bond acceptors (Lipinski definition) is 3. The van der Waals surface area contributed by atoms with Crippen molar-refractivity contribution >= 4 is 57.1 Å². The number of benzene rings is 2. The van der Waals surface area contributed by atoms with Crippen molar-refractivity contribution in [3.8, 4) is 0 Å². The molecule has 168 valence electrons.